The normalized spacial score (nSPS) is 10.7. The molecule has 0 unspecified atom stereocenters. The molecular weight excluding hydrogens is 308 g/mol. The van der Waals surface area contributed by atoms with Crippen molar-refractivity contribution in [2.24, 2.45) is 0 Å². The van der Waals surface area contributed by atoms with E-state index < -0.39 is 0 Å². The molecule has 0 aromatic carbocycles. The number of imidazole rings is 1. The second-order valence-electron chi connectivity index (χ2n) is 5.67. The van der Waals surface area contributed by atoms with Gasteiger partial charge in [-0.15, -0.1) is 0 Å². The van der Waals surface area contributed by atoms with E-state index in [0.29, 0.717) is 6.54 Å². The first-order chi connectivity index (χ1) is 11.2. The molecule has 0 radical (unpaired) electrons. The van der Waals surface area contributed by atoms with Gasteiger partial charge in [0.2, 0.25) is 0 Å². The molecule has 126 valence electrons. The molecule has 2 rings (SSSR count). The van der Waals surface area contributed by atoms with Gasteiger partial charge in [0.1, 0.15) is 11.5 Å². The Balaban J connectivity index is 1.88. The molecule has 1 N–H and O–H groups in total. The lowest BCUT2D eigenvalue weighted by molar-refractivity contribution is 0.340. The van der Waals surface area contributed by atoms with Gasteiger partial charge in [0.05, 0.1) is 12.9 Å². The third-order valence-corrected chi connectivity index (χ3v) is 4.04. The Morgan fingerprint density at radius 1 is 1.39 bits per heavy atom. The van der Waals surface area contributed by atoms with Gasteiger partial charge in [0, 0.05) is 32.0 Å². The van der Waals surface area contributed by atoms with Crippen molar-refractivity contribution in [1.29, 1.82) is 0 Å². The zero-order valence-corrected chi connectivity index (χ0v) is 14.8. The Hall–Kier alpha value is -1.82. The number of hydrogen-bond acceptors (Lipinski definition) is 3. The monoisotopic (exact) mass is 334 g/mol. The van der Waals surface area contributed by atoms with Crippen LogP contribution in [0.2, 0.25) is 0 Å². The zero-order chi connectivity index (χ0) is 16.5. The van der Waals surface area contributed by atoms with Gasteiger partial charge in [-0.3, -0.25) is 0 Å². The fraction of sp³-hybridized carbons (Fsp3) is 0.529. The first-order valence-electron chi connectivity index (χ1n) is 8.23. The van der Waals surface area contributed by atoms with Gasteiger partial charge in [-0.2, -0.15) is 0 Å². The molecule has 23 heavy (non-hydrogen) atoms. The first kappa shape index (κ1) is 17.5. The molecule has 0 saturated heterocycles. The molecule has 2 aromatic rings. The standard InChI is InChI=1S/C17H26N4OS/c1-3-4-8-19-17(23)21(13-16-7-6-15(2)22-16)11-5-10-20-12-9-18-14-20/h6-7,9,12,14H,3-5,8,10-11,13H2,1-2H3,(H,19,23). The highest BCUT2D eigenvalue weighted by molar-refractivity contribution is 7.80. The van der Waals surface area contributed by atoms with Crippen molar-refractivity contribution in [1.82, 2.24) is 19.8 Å². The van der Waals surface area contributed by atoms with Crippen LogP contribution in [0.3, 0.4) is 0 Å². The largest absolute Gasteiger partial charge is 0.464 e. The Morgan fingerprint density at radius 2 is 2.26 bits per heavy atom. The Labute approximate surface area is 143 Å². The molecule has 0 bridgehead atoms. The number of nitrogens with one attached hydrogen (secondary N) is 1. The maximum Gasteiger partial charge on any atom is 0.169 e. The molecule has 6 heteroatoms. The van der Waals surface area contributed by atoms with Crippen LogP contribution in [0.1, 0.15) is 37.7 Å². The number of unbranched alkanes of at least 4 members (excludes halogenated alkanes) is 1. The van der Waals surface area contributed by atoms with Gasteiger partial charge < -0.3 is 19.2 Å². The van der Waals surface area contributed by atoms with Gasteiger partial charge in [0.15, 0.2) is 5.11 Å². The fourth-order valence-electron chi connectivity index (χ4n) is 2.36. The number of furan rings is 1. The molecule has 0 amide bonds. The summed E-state index contributed by atoms with van der Waals surface area (Å²) in [4.78, 5) is 6.25. The van der Waals surface area contributed by atoms with E-state index in [1.165, 1.54) is 0 Å². The van der Waals surface area contributed by atoms with E-state index in [1.807, 2.05) is 31.6 Å². The average molecular weight is 334 g/mol. The van der Waals surface area contributed by atoms with Crippen LogP contribution in [0.15, 0.2) is 35.3 Å². The van der Waals surface area contributed by atoms with Gasteiger partial charge in [-0.1, -0.05) is 13.3 Å². The summed E-state index contributed by atoms with van der Waals surface area (Å²) in [6.07, 6.45) is 8.93. The smallest absolute Gasteiger partial charge is 0.169 e. The number of hydrogen-bond donors (Lipinski definition) is 1. The van der Waals surface area contributed by atoms with E-state index in [9.17, 15) is 0 Å². The van der Waals surface area contributed by atoms with Crippen LogP contribution >= 0.6 is 12.2 Å². The molecule has 2 heterocycles. The minimum atomic E-state index is 0.704. The highest BCUT2D eigenvalue weighted by Gasteiger charge is 2.12. The van der Waals surface area contributed by atoms with Crippen molar-refractivity contribution in [2.75, 3.05) is 13.1 Å². The summed E-state index contributed by atoms with van der Waals surface area (Å²) < 4.78 is 7.78. The van der Waals surface area contributed by atoms with Crippen molar-refractivity contribution in [2.45, 2.75) is 46.2 Å². The molecule has 0 saturated carbocycles. The van der Waals surface area contributed by atoms with E-state index in [0.717, 1.165) is 55.5 Å². The predicted octanol–water partition coefficient (Wildman–Crippen LogP) is 3.35. The molecule has 5 nitrogen and oxygen atoms in total. The van der Waals surface area contributed by atoms with Crippen molar-refractivity contribution >= 4 is 17.3 Å². The SMILES string of the molecule is CCCCNC(=S)N(CCCn1ccnc1)Cc1ccc(C)o1. The molecule has 0 atom stereocenters. The van der Waals surface area contributed by atoms with E-state index in [4.69, 9.17) is 16.6 Å². The number of aromatic nitrogens is 2. The second kappa shape index (κ2) is 9.35. The Morgan fingerprint density at radius 3 is 2.91 bits per heavy atom. The predicted molar refractivity (Wildman–Crippen MR) is 96.2 cm³/mol. The number of rotatable bonds is 9. The topological polar surface area (TPSA) is 46.2 Å². The Kier molecular flexibility index (Phi) is 7.13. The number of aryl methyl sites for hydroxylation is 2. The van der Waals surface area contributed by atoms with E-state index in [-0.39, 0.29) is 0 Å². The molecule has 0 aliphatic heterocycles. The van der Waals surface area contributed by atoms with E-state index in [2.05, 4.69) is 26.7 Å². The molecule has 0 aliphatic carbocycles. The summed E-state index contributed by atoms with van der Waals surface area (Å²) in [6.45, 7) is 7.59. The van der Waals surface area contributed by atoms with Gasteiger partial charge in [0.25, 0.3) is 0 Å². The van der Waals surface area contributed by atoms with Gasteiger partial charge in [-0.05, 0) is 44.1 Å². The van der Waals surface area contributed by atoms with Crippen LogP contribution in [0.25, 0.3) is 0 Å². The van der Waals surface area contributed by atoms with Crippen LogP contribution in [0.5, 0.6) is 0 Å². The summed E-state index contributed by atoms with van der Waals surface area (Å²) in [5.74, 6) is 1.88. The Bertz CT molecular complexity index is 579. The van der Waals surface area contributed by atoms with Crippen molar-refractivity contribution in [3.63, 3.8) is 0 Å². The summed E-state index contributed by atoms with van der Waals surface area (Å²) in [5, 5.41) is 4.15. The molecule has 0 aliphatic rings. The zero-order valence-electron chi connectivity index (χ0n) is 14.0. The van der Waals surface area contributed by atoms with Crippen molar-refractivity contribution in [3.8, 4) is 0 Å². The molecule has 0 fully saturated rings. The maximum atomic E-state index is 5.70. The first-order valence-corrected chi connectivity index (χ1v) is 8.63. The summed E-state index contributed by atoms with van der Waals surface area (Å²) in [5.41, 5.74) is 0. The highest BCUT2D eigenvalue weighted by Crippen LogP contribution is 2.10. The van der Waals surface area contributed by atoms with Crippen LogP contribution in [-0.4, -0.2) is 32.7 Å². The maximum absolute atomic E-state index is 5.70. The quantitative estimate of drug-likeness (QED) is 0.563. The number of thiocarbonyl (C=S) groups is 1. The average Bonchev–Trinajstić information content (AvgIpc) is 3.18. The third kappa shape index (κ3) is 6.06. The van der Waals surface area contributed by atoms with Crippen molar-refractivity contribution < 1.29 is 4.42 Å². The summed E-state index contributed by atoms with van der Waals surface area (Å²) in [6, 6.07) is 4.01. The van der Waals surface area contributed by atoms with Crippen molar-refractivity contribution in [3.05, 3.63) is 42.4 Å². The van der Waals surface area contributed by atoms with Crippen LogP contribution < -0.4 is 5.32 Å². The summed E-state index contributed by atoms with van der Waals surface area (Å²) in [7, 11) is 0. The third-order valence-electron chi connectivity index (χ3n) is 3.64. The van der Waals surface area contributed by atoms with Crippen LogP contribution in [-0.2, 0) is 13.1 Å². The minimum Gasteiger partial charge on any atom is -0.464 e. The molecule has 0 spiro atoms. The van der Waals surface area contributed by atoms with Gasteiger partial charge in [-0.25, -0.2) is 4.98 Å². The molecular formula is C17H26N4OS. The van der Waals surface area contributed by atoms with Gasteiger partial charge >= 0.3 is 0 Å². The lowest BCUT2D eigenvalue weighted by atomic mass is 10.3. The lowest BCUT2D eigenvalue weighted by Crippen LogP contribution is -2.40. The lowest BCUT2D eigenvalue weighted by Gasteiger charge is -2.25. The van der Waals surface area contributed by atoms with Crippen LogP contribution in [0.4, 0.5) is 0 Å². The highest BCUT2D eigenvalue weighted by atomic mass is 32.1. The fourth-order valence-corrected chi connectivity index (χ4v) is 2.62. The van der Waals surface area contributed by atoms with E-state index >= 15 is 0 Å². The van der Waals surface area contributed by atoms with E-state index in [1.54, 1.807) is 6.20 Å². The second-order valence-corrected chi connectivity index (χ2v) is 6.06. The number of nitrogens with zero attached hydrogens (tertiary/aromatic N) is 3. The van der Waals surface area contributed by atoms with Crippen LogP contribution in [0, 0.1) is 6.92 Å². The minimum absolute atomic E-state index is 0.704. The summed E-state index contributed by atoms with van der Waals surface area (Å²) >= 11 is 5.56. The molecule has 2 aromatic heterocycles.